The predicted octanol–water partition coefficient (Wildman–Crippen LogP) is 2.72. The number of carbonyl (C=O) groups is 2. The third-order valence-electron chi connectivity index (χ3n) is 2.69. The number of nitrogens with zero attached hydrogens (tertiary/aromatic N) is 1. The van der Waals surface area contributed by atoms with Crippen molar-refractivity contribution in [3.63, 3.8) is 0 Å². The first-order valence-corrected chi connectivity index (χ1v) is 7.32. The molecule has 0 saturated heterocycles. The molecule has 0 aliphatic rings. The lowest BCUT2D eigenvalue weighted by atomic mass is 10.0. The minimum absolute atomic E-state index is 0.0615. The maximum Gasteiger partial charge on any atom is 0.408 e. The fraction of sp³-hybridized carbons (Fsp3) is 0.562. The smallest absolute Gasteiger partial charge is 0.408 e. The van der Waals surface area contributed by atoms with Gasteiger partial charge in [0.25, 0.3) is 0 Å². The molecule has 0 spiro atoms. The molecule has 23 heavy (non-hydrogen) atoms. The van der Waals surface area contributed by atoms with Gasteiger partial charge in [0.2, 0.25) is 5.91 Å². The van der Waals surface area contributed by atoms with Crippen molar-refractivity contribution >= 4 is 17.8 Å². The number of ether oxygens (including phenoxy) is 2. The van der Waals surface area contributed by atoms with Gasteiger partial charge in [-0.1, -0.05) is 0 Å². The first kappa shape index (κ1) is 18.7. The summed E-state index contributed by atoms with van der Waals surface area (Å²) in [4.78, 5) is 28.0. The maximum absolute atomic E-state index is 12.2. The van der Waals surface area contributed by atoms with E-state index < -0.39 is 17.2 Å². The van der Waals surface area contributed by atoms with Crippen LogP contribution in [0, 0.1) is 0 Å². The Bertz CT molecular complexity index is 565. The summed E-state index contributed by atoms with van der Waals surface area (Å²) in [6.07, 6.45) is 1.06. The Morgan fingerprint density at radius 1 is 1.22 bits per heavy atom. The molecule has 1 heterocycles. The molecule has 0 aromatic carbocycles. The van der Waals surface area contributed by atoms with Gasteiger partial charge in [-0.15, -0.1) is 0 Å². The van der Waals surface area contributed by atoms with Crippen LogP contribution in [0.4, 0.5) is 10.6 Å². The number of carbonyl (C=O) groups excluding carboxylic acids is 2. The summed E-state index contributed by atoms with van der Waals surface area (Å²) in [5.41, 5.74) is -1.36. The average molecular weight is 323 g/mol. The Balaban J connectivity index is 2.63. The Morgan fingerprint density at radius 3 is 2.43 bits per heavy atom. The molecule has 128 valence electrons. The number of aromatic nitrogens is 1. The first-order valence-electron chi connectivity index (χ1n) is 7.32. The van der Waals surface area contributed by atoms with Crippen LogP contribution in [0.3, 0.4) is 0 Å². The van der Waals surface area contributed by atoms with Crippen LogP contribution in [0.2, 0.25) is 0 Å². The van der Waals surface area contributed by atoms with Gasteiger partial charge < -0.3 is 20.1 Å². The fourth-order valence-electron chi connectivity index (χ4n) is 1.85. The molecule has 0 atom stereocenters. The van der Waals surface area contributed by atoms with Crippen LogP contribution < -0.4 is 15.4 Å². The second kappa shape index (κ2) is 7.30. The lowest BCUT2D eigenvalue weighted by Gasteiger charge is -2.28. The lowest BCUT2D eigenvalue weighted by Crippen LogP contribution is -2.47. The van der Waals surface area contributed by atoms with Gasteiger partial charge in [-0.05, 0) is 46.8 Å². The van der Waals surface area contributed by atoms with Crippen molar-refractivity contribution in [1.29, 1.82) is 0 Å². The predicted molar refractivity (Wildman–Crippen MR) is 87.5 cm³/mol. The Labute approximate surface area is 136 Å². The van der Waals surface area contributed by atoms with Crippen molar-refractivity contribution in [3.05, 3.63) is 18.3 Å². The van der Waals surface area contributed by atoms with E-state index in [1.54, 1.807) is 52.9 Å². The highest BCUT2D eigenvalue weighted by Gasteiger charge is 2.27. The van der Waals surface area contributed by atoms with Crippen molar-refractivity contribution in [2.24, 2.45) is 0 Å². The van der Waals surface area contributed by atoms with Gasteiger partial charge in [-0.2, -0.15) is 0 Å². The molecular weight excluding hydrogens is 298 g/mol. The minimum atomic E-state index is -0.769. The van der Waals surface area contributed by atoms with Gasteiger partial charge >= 0.3 is 6.09 Å². The van der Waals surface area contributed by atoms with Crippen LogP contribution in [0.1, 0.15) is 41.0 Å². The second-order valence-corrected chi connectivity index (χ2v) is 6.79. The molecule has 1 rings (SSSR count). The molecule has 0 saturated carbocycles. The number of hydrogen-bond donors (Lipinski definition) is 2. The van der Waals surface area contributed by atoms with Crippen LogP contribution in [-0.4, -0.2) is 35.2 Å². The molecule has 7 nitrogen and oxygen atoms in total. The maximum atomic E-state index is 12.2. The highest BCUT2D eigenvalue weighted by Crippen LogP contribution is 2.21. The molecule has 0 fully saturated rings. The lowest BCUT2D eigenvalue weighted by molar-refractivity contribution is -0.117. The number of anilines is 1. The number of hydrogen-bond acceptors (Lipinski definition) is 5. The van der Waals surface area contributed by atoms with Crippen molar-refractivity contribution in [2.45, 2.75) is 52.2 Å². The monoisotopic (exact) mass is 323 g/mol. The fourth-order valence-corrected chi connectivity index (χ4v) is 1.85. The summed E-state index contributed by atoms with van der Waals surface area (Å²) < 4.78 is 10.3. The largest absolute Gasteiger partial charge is 0.493 e. The number of rotatable bonds is 5. The zero-order valence-electron chi connectivity index (χ0n) is 14.5. The van der Waals surface area contributed by atoms with E-state index in [1.165, 1.54) is 7.11 Å². The highest BCUT2D eigenvalue weighted by molar-refractivity contribution is 5.92. The summed E-state index contributed by atoms with van der Waals surface area (Å²) >= 11 is 0. The Hall–Kier alpha value is -2.31. The Morgan fingerprint density at radius 2 is 1.87 bits per heavy atom. The van der Waals surface area contributed by atoms with Crippen molar-refractivity contribution in [3.8, 4) is 5.75 Å². The van der Waals surface area contributed by atoms with E-state index in [-0.39, 0.29) is 12.3 Å². The molecule has 2 N–H and O–H groups in total. The molecule has 1 aromatic heterocycles. The summed E-state index contributed by atoms with van der Waals surface area (Å²) in [7, 11) is 1.50. The van der Waals surface area contributed by atoms with Crippen LogP contribution in [0.5, 0.6) is 5.75 Å². The topological polar surface area (TPSA) is 89.5 Å². The molecule has 0 radical (unpaired) electrons. The van der Waals surface area contributed by atoms with Crippen LogP contribution >= 0.6 is 0 Å². The normalized spacial score (nSPS) is 11.6. The van der Waals surface area contributed by atoms with E-state index in [4.69, 9.17) is 9.47 Å². The average Bonchev–Trinajstić information content (AvgIpc) is 2.35. The zero-order valence-corrected chi connectivity index (χ0v) is 14.5. The molecule has 0 aliphatic carbocycles. The minimum Gasteiger partial charge on any atom is -0.493 e. The van der Waals surface area contributed by atoms with E-state index in [9.17, 15) is 9.59 Å². The van der Waals surface area contributed by atoms with E-state index in [0.717, 1.165) is 0 Å². The standard InChI is InChI=1S/C16H25N3O4/c1-15(2,3)23-14(21)19-16(4,5)10-12(20)18-13-11(22-6)8-7-9-17-13/h7-9H,10H2,1-6H3,(H,19,21)(H,17,18,20). The van der Waals surface area contributed by atoms with Gasteiger partial charge in [0.15, 0.2) is 11.6 Å². The number of amides is 2. The zero-order chi connectivity index (χ0) is 17.7. The van der Waals surface area contributed by atoms with Crippen LogP contribution in [0.25, 0.3) is 0 Å². The van der Waals surface area contributed by atoms with Crippen molar-refractivity contribution in [1.82, 2.24) is 10.3 Å². The summed E-state index contributed by atoms with van der Waals surface area (Å²) in [6.45, 7) is 8.82. The first-order chi connectivity index (χ1) is 10.5. The molecule has 7 heteroatoms. The summed E-state index contributed by atoms with van der Waals surface area (Å²) in [5, 5.41) is 5.36. The molecule has 0 unspecified atom stereocenters. The van der Waals surface area contributed by atoms with E-state index in [0.29, 0.717) is 11.6 Å². The van der Waals surface area contributed by atoms with Crippen LogP contribution in [-0.2, 0) is 9.53 Å². The highest BCUT2D eigenvalue weighted by atomic mass is 16.6. The van der Waals surface area contributed by atoms with E-state index in [1.807, 2.05) is 0 Å². The third kappa shape index (κ3) is 6.99. The van der Waals surface area contributed by atoms with Gasteiger partial charge in [0, 0.05) is 18.2 Å². The van der Waals surface area contributed by atoms with E-state index >= 15 is 0 Å². The van der Waals surface area contributed by atoms with Gasteiger partial charge in [-0.3, -0.25) is 4.79 Å². The van der Waals surface area contributed by atoms with E-state index in [2.05, 4.69) is 15.6 Å². The summed E-state index contributed by atoms with van der Waals surface area (Å²) in [6, 6.07) is 3.41. The molecule has 0 aliphatic heterocycles. The molecule has 1 aromatic rings. The summed E-state index contributed by atoms with van der Waals surface area (Å²) in [5.74, 6) is 0.523. The van der Waals surface area contributed by atoms with Gasteiger partial charge in [-0.25, -0.2) is 9.78 Å². The molecular formula is C16H25N3O4. The number of nitrogens with one attached hydrogen (secondary N) is 2. The second-order valence-electron chi connectivity index (χ2n) is 6.79. The van der Waals surface area contributed by atoms with Crippen LogP contribution in [0.15, 0.2) is 18.3 Å². The third-order valence-corrected chi connectivity index (χ3v) is 2.69. The number of alkyl carbamates (subject to hydrolysis) is 1. The Kier molecular flexibility index (Phi) is 5.95. The van der Waals surface area contributed by atoms with Crippen molar-refractivity contribution < 1.29 is 19.1 Å². The number of methoxy groups -OCH3 is 1. The van der Waals surface area contributed by atoms with Gasteiger partial charge in [0.05, 0.1) is 7.11 Å². The molecule has 2 amide bonds. The number of pyridine rings is 1. The molecule has 0 bridgehead atoms. The SMILES string of the molecule is COc1cccnc1NC(=O)CC(C)(C)NC(=O)OC(C)(C)C. The quantitative estimate of drug-likeness (QED) is 0.869. The van der Waals surface area contributed by atoms with Crippen molar-refractivity contribution in [2.75, 3.05) is 12.4 Å². The van der Waals surface area contributed by atoms with Gasteiger partial charge in [0.1, 0.15) is 5.60 Å².